The number of hydrogen-bond acceptors (Lipinski definition) is 3. The standard InChI is InChI=1S/C31H48N2O/c1-3-5-7-9-11-12-13-15-17-19-25-34-30-23-21-29(22-24-30)31-32-26-28(27-33-31)20-18-16-14-10-8-6-4-2/h15,17,21-24,26-27H,3-14,16,18-20,25H2,1-2H3. The van der Waals surface area contributed by atoms with E-state index in [9.17, 15) is 0 Å². The van der Waals surface area contributed by atoms with Gasteiger partial charge in [-0.05, 0) is 61.9 Å². The highest BCUT2D eigenvalue weighted by Gasteiger charge is 2.03. The van der Waals surface area contributed by atoms with Crippen LogP contribution in [0.5, 0.6) is 5.75 Å². The summed E-state index contributed by atoms with van der Waals surface area (Å²) in [6, 6.07) is 8.14. The maximum Gasteiger partial charge on any atom is 0.159 e. The fraction of sp³-hybridized carbons (Fsp3) is 0.613. The molecule has 0 atom stereocenters. The number of aryl methyl sites for hydroxylation is 1. The highest BCUT2D eigenvalue weighted by molar-refractivity contribution is 5.55. The van der Waals surface area contributed by atoms with E-state index in [1.54, 1.807) is 0 Å². The van der Waals surface area contributed by atoms with Crippen molar-refractivity contribution in [3.8, 4) is 17.1 Å². The minimum absolute atomic E-state index is 0.718. The number of rotatable bonds is 20. The van der Waals surface area contributed by atoms with Crippen molar-refractivity contribution in [1.29, 1.82) is 0 Å². The van der Waals surface area contributed by atoms with Gasteiger partial charge >= 0.3 is 0 Å². The molecule has 0 amide bonds. The number of ether oxygens (including phenoxy) is 1. The second kappa shape index (κ2) is 19.2. The smallest absolute Gasteiger partial charge is 0.159 e. The van der Waals surface area contributed by atoms with Crippen molar-refractivity contribution in [2.45, 2.75) is 117 Å². The van der Waals surface area contributed by atoms with Crippen molar-refractivity contribution >= 4 is 0 Å². The SMILES string of the molecule is CCCCCCCCC=CCCOc1ccc(-c2ncc(CCCCCCCCC)cn2)cc1. The van der Waals surface area contributed by atoms with E-state index in [1.807, 2.05) is 24.5 Å². The molecule has 1 heterocycles. The summed E-state index contributed by atoms with van der Waals surface area (Å²) in [4.78, 5) is 9.18. The predicted molar refractivity (Wildman–Crippen MR) is 146 cm³/mol. The third-order valence-corrected chi connectivity index (χ3v) is 6.33. The normalized spacial score (nSPS) is 11.4. The van der Waals surface area contributed by atoms with Crippen LogP contribution in [0.1, 0.15) is 116 Å². The number of hydrogen-bond donors (Lipinski definition) is 0. The molecule has 0 spiro atoms. The molecule has 34 heavy (non-hydrogen) atoms. The Labute approximate surface area is 209 Å². The van der Waals surface area contributed by atoms with Gasteiger partial charge in [0.05, 0.1) is 6.61 Å². The van der Waals surface area contributed by atoms with Gasteiger partial charge in [0.1, 0.15) is 5.75 Å². The number of aromatic nitrogens is 2. The molecule has 2 aromatic rings. The molecule has 2 rings (SSSR count). The molecule has 1 aromatic carbocycles. The number of unbranched alkanes of at least 4 members (excludes halogenated alkanes) is 12. The van der Waals surface area contributed by atoms with Crippen LogP contribution < -0.4 is 4.74 Å². The van der Waals surface area contributed by atoms with Gasteiger partial charge in [-0.25, -0.2) is 9.97 Å². The zero-order valence-corrected chi connectivity index (χ0v) is 21.9. The average Bonchev–Trinajstić information content (AvgIpc) is 2.87. The highest BCUT2D eigenvalue weighted by atomic mass is 16.5. The summed E-state index contributed by atoms with van der Waals surface area (Å²) >= 11 is 0. The molecule has 0 radical (unpaired) electrons. The summed E-state index contributed by atoms with van der Waals surface area (Å²) in [7, 11) is 0. The molecule has 3 heteroatoms. The largest absolute Gasteiger partial charge is 0.493 e. The van der Waals surface area contributed by atoms with Gasteiger partial charge in [0.2, 0.25) is 0 Å². The summed E-state index contributed by atoms with van der Waals surface area (Å²) in [5.41, 5.74) is 2.27. The Hall–Kier alpha value is -2.16. The summed E-state index contributed by atoms with van der Waals surface area (Å²) in [5, 5.41) is 0. The lowest BCUT2D eigenvalue weighted by atomic mass is 10.1. The fourth-order valence-electron chi connectivity index (χ4n) is 4.14. The van der Waals surface area contributed by atoms with Crippen molar-refractivity contribution in [2.24, 2.45) is 0 Å². The molecule has 0 bridgehead atoms. The first-order chi connectivity index (χ1) is 16.8. The van der Waals surface area contributed by atoms with Crippen molar-refractivity contribution in [3.63, 3.8) is 0 Å². The van der Waals surface area contributed by atoms with E-state index >= 15 is 0 Å². The lowest BCUT2D eigenvalue weighted by molar-refractivity contribution is 0.325. The zero-order valence-electron chi connectivity index (χ0n) is 21.9. The first kappa shape index (κ1) is 28.1. The Morgan fingerprint density at radius 1 is 0.647 bits per heavy atom. The summed E-state index contributed by atoms with van der Waals surface area (Å²) in [6.45, 7) is 5.25. The van der Waals surface area contributed by atoms with E-state index in [0.717, 1.165) is 36.6 Å². The first-order valence-electron chi connectivity index (χ1n) is 14.0. The fourth-order valence-corrected chi connectivity index (χ4v) is 4.14. The lowest BCUT2D eigenvalue weighted by Crippen LogP contribution is -1.96. The maximum atomic E-state index is 5.88. The number of nitrogens with zero attached hydrogens (tertiary/aromatic N) is 2. The molecule has 1 aromatic heterocycles. The van der Waals surface area contributed by atoms with Gasteiger partial charge in [0.15, 0.2) is 5.82 Å². The number of allylic oxidation sites excluding steroid dienone is 1. The molecular weight excluding hydrogens is 416 g/mol. The van der Waals surface area contributed by atoms with E-state index in [-0.39, 0.29) is 0 Å². The van der Waals surface area contributed by atoms with Crippen LogP contribution in [-0.4, -0.2) is 16.6 Å². The van der Waals surface area contributed by atoms with Gasteiger partial charge in [-0.15, -0.1) is 0 Å². The van der Waals surface area contributed by atoms with Gasteiger partial charge in [0, 0.05) is 18.0 Å². The zero-order chi connectivity index (χ0) is 24.1. The quantitative estimate of drug-likeness (QED) is 0.144. The van der Waals surface area contributed by atoms with Crippen LogP contribution in [0.3, 0.4) is 0 Å². The Kier molecular flexibility index (Phi) is 15.8. The van der Waals surface area contributed by atoms with Crippen LogP contribution in [0.15, 0.2) is 48.8 Å². The molecule has 3 nitrogen and oxygen atoms in total. The summed E-state index contributed by atoms with van der Waals surface area (Å²) < 4.78 is 5.88. The minimum atomic E-state index is 0.718. The van der Waals surface area contributed by atoms with E-state index < -0.39 is 0 Å². The van der Waals surface area contributed by atoms with Gasteiger partial charge in [0.25, 0.3) is 0 Å². The Morgan fingerprint density at radius 2 is 1.21 bits per heavy atom. The van der Waals surface area contributed by atoms with Gasteiger partial charge in [-0.1, -0.05) is 96.6 Å². The second-order valence-electron chi connectivity index (χ2n) is 9.48. The first-order valence-corrected chi connectivity index (χ1v) is 14.0. The summed E-state index contributed by atoms with van der Waals surface area (Å²) in [6.07, 6.45) is 29.3. The molecule has 0 aliphatic heterocycles. The van der Waals surface area contributed by atoms with Gasteiger partial charge in [-0.3, -0.25) is 0 Å². The topological polar surface area (TPSA) is 35.0 Å². The number of benzene rings is 1. The third kappa shape index (κ3) is 12.9. The lowest BCUT2D eigenvalue weighted by Gasteiger charge is -2.06. The van der Waals surface area contributed by atoms with E-state index in [2.05, 4.69) is 48.1 Å². The van der Waals surface area contributed by atoms with Crippen LogP contribution in [-0.2, 0) is 6.42 Å². The predicted octanol–water partition coefficient (Wildman–Crippen LogP) is 9.51. The van der Waals surface area contributed by atoms with Crippen LogP contribution >= 0.6 is 0 Å². The Bertz CT molecular complexity index is 752. The minimum Gasteiger partial charge on any atom is -0.493 e. The van der Waals surface area contributed by atoms with Crippen LogP contribution in [0, 0.1) is 0 Å². The third-order valence-electron chi connectivity index (χ3n) is 6.33. The maximum absolute atomic E-state index is 5.88. The molecule has 0 unspecified atom stereocenters. The van der Waals surface area contributed by atoms with Gasteiger partial charge in [-0.2, -0.15) is 0 Å². The van der Waals surface area contributed by atoms with E-state index in [0.29, 0.717) is 0 Å². The van der Waals surface area contributed by atoms with Crippen molar-refractivity contribution in [3.05, 3.63) is 54.4 Å². The molecule has 188 valence electrons. The van der Waals surface area contributed by atoms with Crippen molar-refractivity contribution in [1.82, 2.24) is 9.97 Å². The Balaban J connectivity index is 1.59. The molecule has 0 N–H and O–H groups in total. The highest BCUT2D eigenvalue weighted by Crippen LogP contribution is 2.20. The molecule has 0 aliphatic rings. The van der Waals surface area contributed by atoms with Crippen molar-refractivity contribution < 1.29 is 4.74 Å². The molecule has 0 fully saturated rings. The average molecular weight is 465 g/mol. The molecule has 0 aliphatic carbocycles. The molecule has 0 saturated carbocycles. The Morgan fingerprint density at radius 3 is 1.85 bits per heavy atom. The van der Waals surface area contributed by atoms with Crippen molar-refractivity contribution in [2.75, 3.05) is 6.61 Å². The van der Waals surface area contributed by atoms with Crippen LogP contribution in [0.2, 0.25) is 0 Å². The van der Waals surface area contributed by atoms with E-state index in [4.69, 9.17) is 4.74 Å². The molecule has 0 saturated heterocycles. The van der Waals surface area contributed by atoms with Crippen LogP contribution in [0.4, 0.5) is 0 Å². The van der Waals surface area contributed by atoms with Crippen LogP contribution in [0.25, 0.3) is 11.4 Å². The van der Waals surface area contributed by atoms with Gasteiger partial charge < -0.3 is 4.74 Å². The van der Waals surface area contributed by atoms with E-state index in [1.165, 1.54) is 95.5 Å². The summed E-state index contributed by atoms with van der Waals surface area (Å²) in [5.74, 6) is 1.69. The monoisotopic (exact) mass is 464 g/mol. The molecular formula is C31H48N2O. The second-order valence-corrected chi connectivity index (χ2v) is 9.48.